The lowest BCUT2D eigenvalue weighted by Gasteiger charge is -2.56. The summed E-state index contributed by atoms with van der Waals surface area (Å²) in [6.45, 7) is 4.79. The molecule has 0 heterocycles. The van der Waals surface area contributed by atoms with Gasteiger partial charge < -0.3 is 10.2 Å². The van der Waals surface area contributed by atoms with Crippen LogP contribution in [0.3, 0.4) is 0 Å². The zero-order valence-electron chi connectivity index (χ0n) is 13.5. The Morgan fingerprint density at radius 1 is 1.05 bits per heavy atom. The molecule has 4 rings (SSSR count). The first-order chi connectivity index (χ1) is 9.95. The molecule has 0 saturated heterocycles. The topological polar surface area (TPSA) is 40.5 Å². The molecular formula is C19H30O2. The van der Waals surface area contributed by atoms with Gasteiger partial charge >= 0.3 is 0 Å². The van der Waals surface area contributed by atoms with Crippen molar-refractivity contribution >= 4 is 0 Å². The van der Waals surface area contributed by atoms with Crippen LogP contribution in [-0.4, -0.2) is 22.4 Å². The summed E-state index contributed by atoms with van der Waals surface area (Å²) in [7, 11) is 0. The number of hydrogen-bond donors (Lipinski definition) is 2. The Balaban J connectivity index is 1.69. The van der Waals surface area contributed by atoms with Crippen molar-refractivity contribution in [3.8, 4) is 0 Å². The van der Waals surface area contributed by atoms with Crippen LogP contribution in [0.2, 0.25) is 0 Å². The number of fused-ring (bicyclic) bond motifs is 5. The normalized spacial score (nSPS) is 56.2. The van der Waals surface area contributed by atoms with Crippen LogP contribution in [0.25, 0.3) is 0 Å². The monoisotopic (exact) mass is 290 g/mol. The molecule has 3 fully saturated rings. The van der Waals surface area contributed by atoms with Gasteiger partial charge in [-0.1, -0.05) is 25.5 Å². The van der Waals surface area contributed by atoms with Gasteiger partial charge in [0.15, 0.2) is 0 Å². The molecule has 0 bridgehead atoms. The quantitative estimate of drug-likeness (QED) is 0.668. The largest absolute Gasteiger partial charge is 0.393 e. The van der Waals surface area contributed by atoms with Gasteiger partial charge in [0.2, 0.25) is 0 Å². The van der Waals surface area contributed by atoms with Crippen LogP contribution in [0.4, 0.5) is 0 Å². The van der Waals surface area contributed by atoms with Gasteiger partial charge in [-0.25, -0.2) is 0 Å². The van der Waals surface area contributed by atoms with E-state index in [1.165, 1.54) is 19.3 Å². The van der Waals surface area contributed by atoms with Crippen LogP contribution in [0.5, 0.6) is 0 Å². The van der Waals surface area contributed by atoms with Crippen LogP contribution >= 0.6 is 0 Å². The van der Waals surface area contributed by atoms with Crippen molar-refractivity contribution in [1.29, 1.82) is 0 Å². The standard InChI is InChI=1S/C19H30O2/c1-18-9-7-13(20)11-12(18)3-4-14-15-5-6-17(21)19(15,2)10-8-16(14)18/h8,12-15,17,20-21H,3-7,9-11H2,1-2H3/t12-,13+,14-,15-,17+,18-,19-/m0/s1. The third-order valence-electron chi connectivity index (χ3n) is 7.95. The summed E-state index contributed by atoms with van der Waals surface area (Å²) in [5.41, 5.74) is 2.17. The van der Waals surface area contributed by atoms with Crippen molar-refractivity contribution in [1.82, 2.24) is 0 Å². The molecule has 0 amide bonds. The smallest absolute Gasteiger partial charge is 0.0599 e. The summed E-state index contributed by atoms with van der Waals surface area (Å²) in [4.78, 5) is 0. The first-order valence-electron chi connectivity index (χ1n) is 9.02. The Morgan fingerprint density at radius 2 is 1.86 bits per heavy atom. The molecule has 7 atom stereocenters. The van der Waals surface area contributed by atoms with Gasteiger partial charge in [0, 0.05) is 5.41 Å². The summed E-state index contributed by atoms with van der Waals surface area (Å²) < 4.78 is 0. The summed E-state index contributed by atoms with van der Waals surface area (Å²) in [6.07, 6.45) is 11.3. The number of aliphatic hydroxyl groups is 2. The summed E-state index contributed by atoms with van der Waals surface area (Å²) >= 11 is 0. The molecule has 0 unspecified atom stereocenters. The molecule has 4 aliphatic carbocycles. The summed E-state index contributed by atoms with van der Waals surface area (Å²) in [5.74, 6) is 2.08. The van der Waals surface area contributed by atoms with Gasteiger partial charge in [-0.3, -0.25) is 0 Å². The third kappa shape index (κ3) is 1.84. The average Bonchev–Trinajstić information content (AvgIpc) is 2.76. The molecule has 0 aromatic rings. The predicted molar refractivity (Wildman–Crippen MR) is 83.7 cm³/mol. The van der Waals surface area contributed by atoms with Crippen LogP contribution in [0.1, 0.15) is 65.2 Å². The van der Waals surface area contributed by atoms with Gasteiger partial charge in [-0.2, -0.15) is 0 Å². The molecule has 2 N–H and O–H groups in total. The number of rotatable bonds is 0. The highest BCUT2D eigenvalue weighted by Crippen LogP contribution is 2.64. The highest BCUT2D eigenvalue weighted by atomic mass is 16.3. The van der Waals surface area contributed by atoms with E-state index in [9.17, 15) is 10.2 Å². The highest BCUT2D eigenvalue weighted by Gasteiger charge is 2.56. The van der Waals surface area contributed by atoms with Crippen LogP contribution in [0, 0.1) is 28.6 Å². The van der Waals surface area contributed by atoms with Crippen molar-refractivity contribution in [2.75, 3.05) is 0 Å². The first kappa shape index (κ1) is 14.3. The summed E-state index contributed by atoms with van der Waals surface area (Å²) in [5, 5.41) is 20.5. The van der Waals surface area contributed by atoms with Crippen LogP contribution in [0.15, 0.2) is 11.6 Å². The van der Waals surface area contributed by atoms with E-state index in [1.807, 2.05) is 0 Å². The number of allylic oxidation sites excluding steroid dienone is 2. The molecule has 0 aliphatic heterocycles. The molecule has 2 heteroatoms. The Bertz CT molecular complexity index is 470. The fraction of sp³-hybridized carbons (Fsp3) is 0.895. The van der Waals surface area contributed by atoms with Gasteiger partial charge in [0.25, 0.3) is 0 Å². The van der Waals surface area contributed by atoms with E-state index < -0.39 is 0 Å². The van der Waals surface area contributed by atoms with E-state index in [0.29, 0.717) is 23.2 Å². The molecular weight excluding hydrogens is 260 g/mol. The molecule has 2 nitrogen and oxygen atoms in total. The average molecular weight is 290 g/mol. The van der Waals surface area contributed by atoms with Crippen molar-refractivity contribution in [3.63, 3.8) is 0 Å². The SMILES string of the molecule is C[C@]12CC=C3[C@@H](CC[C@H]4C[C@H](O)CC[C@]34C)[C@@H]1CC[C@H]2O. The minimum absolute atomic E-state index is 0.0672. The Hall–Kier alpha value is -0.340. The second-order valence-corrected chi connectivity index (χ2v) is 8.80. The fourth-order valence-corrected chi connectivity index (χ4v) is 6.48. The molecule has 4 aliphatic rings. The molecule has 0 spiro atoms. The Labute approximate surface area is 128 Å². The van der Waals surface area contributed by atoms with Crippen molar-refractivity contribution < 1.29 is 10.2 Å². The fourth-order valence-electron chi connectivity index (χ4n) is 6.48. The van der Waals surface area contributed by atoms with Crippen molar-refractivity contribution in [3.05, 3.63) is 11.6 Å². The summed E-state index contributed by atoms with van der Waals surface area (Å²) in [6, 6.07) is 0. The molecule has 21 heavy (non-hydrogen) atoms. The zero-order chi connectivity index (χ0) is 14.8. The predicted octanol–water partition coefficient (Wildman–Crippen LogP) is 3.67. The lowest BCUT2D eigenvalue weighted by atomic mass is 9.49. The van der Waals surface area contributed by atoms with Crippen LogP contribution < -0.4 is 0 Å². The lowest BCUT2D eigenvalue weighted by molar-refractivity contribution is -0.0262. The zero-order valence-corrected chi connectivity index (χ0v) is 13.5. The van der Waals surface area contributed by atoms with E-state index in [4.69, 9.17) is 0 Å². The molecule has 0 radical (unpaired) electrons. The second-order valence-electron chi connectivity index (χ2n) is 8.80. The van der Waals surface area contributed by atoms with Gasteiger partial charge in [0.1, 0.15) is 0 Å². The van der Waals surface area contributed by atoms with E-state index in [1.54, 1.807) is 5.57 Å². The Kier molecular flexibility index (Phi) is 3.11. The highest BCUT2D eigenvalue weighted by molar-refractivity contribution is 5.29. The number of aliphatic hydroxyl groups excluding tert-OH is 2. The van der Waals surface area contributed by atoms with Gasteiger partial charge in [-0.15, -0.1) is 0 Å². The maximum atomic E-state index is 10.4. The second kappa shape index (κ2) is 4.58. The maximum Gasteiger partial charge on any atom is 0.0599 e. The minimum atomic E-state index is -0.0981. The van der Waals surface area contributed by atoms with Crippen molar-refractivity contribution in [2.24, 2.45) is 28.6 Å². The molecule has 0 aromatic heterocycles. The van der Waals surface area contributed by atoms with Gasteiger partial charge in [-0.05, 0) is 74.5 Å². The van der Waals surface area contributed by atoms with E-state index >= 15 is 0 Å². The molecule has 0 aromatic carbocycles. The minimum Gasteiger partial charge on any atom is -0.393 e. The third-order valence-corrected chi connectivity index (χ3v) is 7.95. The van der Waals surface area contributed by atoms with Gasteiger partial charge in [0.05, 0.1) is 12.2 Å². The van der Waals surface area contributed by atoms with E-state index in [2.05, 4.69) is 19.9 Å². The van der Waals surface area contributed by atoms with E-state index in [0.717, 1.165) is 32.1 Å². The lowest BCUT2D eigenvalue weighted by Crippen LogP contribution is -2.49. The van der Waals surface area contributed by atoms with Crippen LogP contribution in [-0.2, 0) is 0 Å². The molecule has 3 saturated carbocycles. The Morgan fingerprint density at radius 3 is 2.67 bits per heavy atom. The number of hydrogen-bond acceptors (Lipinski definition) is 2. The van der Waals surface area contributed by atoms with Crippen molar-refractivity contribution in [2.45, 2.75) is 77.4 Å². The van der Waals surface area contributed by atoms with E-state index in [-0.39, 0.29) is 17.6 Å². The maximum absolute atomic E-state index is 10.4. The first-order valence-corrected chi connectivity index (χ1v) is 9.02. The molecule has 118 valence electrons.